The molecule has 0 saturated carbocycles. The van der Waals surface area contributed by atoms with Gasteiger partial charge < -0.3 is 4.90 Å². The molecule has 1 aromatic rings. The van der Waals surface area contributed by atoms with Crippen molar-refractivity contribution in [2.75, 3.05) is 11.9 Å². The SMILES string of the molecule is CCCC(CCC)C(=O)c1ccc2c(c1)CCC(=O)N2C. The summed E-state index contributed by atoms with van der Waals surface area (Å²) in [6, 6.07) is 5.81. The molecule has 0 aliphatic carbocycles. The number of rotatable bonds is 6. The molecule has 0 fully saturated rings. The number of hydrogen-bond donors (Lipinski definition) is 0. The minimum atomic E-state index is 0.140. The number of carbonyl (C=O) groups excluding carboxylic acids is 2. The summed E-state index contributed by atoms with van der Waals surface area (Å²) in [6.07, 6.45) is 5.28. The summed E-state index contributed by atoms with van der Waals surface area (Å²) in [5.74, 6) is 0.554. The Labute approximate surface area is 127 Å². The first-order chi connectivity index (χ1) is 10.1. The van der Waals surface area contributed by atoms with Crippen LogP contribution in [0.4, 0.5) is 5.69 Å². The Morgan fingerprint density at radius 3 is 2.48 bits per heavy atom. The molecule has 2 rings (SSSR count). The summed E-state index contributed by atoms with van der Waals surface area (Å²) in [5, 5.41) is 0. The lowest BCUT2D eigenvalue weighted by Crippen LogP contribution is -2.31. The molecule has 1 amide bonds. The molecule has 1 aliphatic heterocycles. The molecule has 1 aliphatic rings. The number of Topliss-reactive ketones (excluding diaryl/α,β-unsaturated/α-hetero) is 1. The Balaban J connectivity index is 2.25. The third-order valence-electron chi connectivity index (χ3n) is 4.35. The number of benzene rings is 1. The second-order valence-corrected chi connectivity index (χ2v) is 5.93. The highest BCUT2D eigenvalue weighted by molar-refractivity contribution is 6.00. The Hall–Kier alpha value is -1.64. The Bertz CT molecular complexity index is 530. The van der Waals surface area contributed by atoms with E-state index in [-0.39, 0.29) is 17.6 Å². The van der Waals surface area contributed by atoms with Crippen molar-refractivity contribution in [2.45, 2.75) is 52.4 Å². The van der Waals surface area contributed by atoms with Crippen molar-refractivity contribution in [1.29, 1.82) is 0 Å². The van der Waals surface area contributed by atoms with Gasteiger partial charge in [0.2, 0.25) is 5.91 Å². The summed E-state index contributed by atoms with van der Waals surface area (Å²) < 4.78 is 0. The molecule has 1 heterocycles. The highest BCUT2D eigenvalue weighted by Crippen LogP contribution is 2.29. The summed E-state index contributed by atoms with van der Waals surface area (Å²) in [4.78, 5) is 26.1. The van der Waals surface area contributed by atoms with Crippen molar-refractivity contribution < 1.29 is 9.59 Å². The summed E-state index contributed by atoms with van der Waals surface area (Å²) in [6.45, 7) is 4.26. The van der Waals surface area contributed by atoms with Crippen molar-refractivity contribution >= 4 is 17.4 Å². The third-order valence-corrected chi connectivity index (χ3v) is 4.35. The van der Waals surface area contributed by atoms with Crippen LogP contribution in [0, 0.1) is 5.92 Å². The van der Waals surface area contributed by atoms with Gasteiger partial charge in [0.15, 0.2) is 5.78 Å². The van der Waals surface area contributed by atoms with Gasteiger partial charge in [0.05, 0.1) is 0 Å². The van der Waals surface area contributed by atoms with Crippen LogP contribution in [0.3, 0.4) is 0 Å². The molecule has 0 saturated heterocycles. The monoisotopic (exact) mass is 287 g/mol. The second kappa shape index (κ2) is 6.88. The maximum Gasteiger partial charge on any atom is 0.227 e. The number of aryl methyl sites for hydroxylation is 1. The van der Waals surface area contributed by atoms with E-state index in [1.54, 1.807) is 11.9 Å². The van der Waals surface area contributed by atoms with Crippen molar-refractivity contribution in [3.8, 4) is 0 Å². The highest BCUT2D eigenvalue weighted by atomic mass is 16.2. The van der Waals surface area contributed by atoms with E-state index >= 15 is 0 Å². The predicted molar refractivity (Wildman–Crippen MR) is 85.8 cm³/mol. The van der Waals surface area contributed by atoms with Crippen molar-refractivity contribution in [3.63, 3.8) is 0 Å². The van der Waals surface area contributed by atoms with E-state index in [9.17, 15) is 9.59 Å². The van der Waals surface area contributed by atoms with Crippen LogP contribution in [0.5, 0.6) is 0 Å². The average Bonchev–Trinajstić information content (AvgIpc) is 2.50. The van der Waals surface area contributed by atoms with Gasteiger partial charge in [-0.1, -0.05) is 26.7 Å². The quantitative estimate of drug-likeness (QED) is 0.742. The first-order valence-corrected chi connectivity index (χ1v) is 8.02. The molecule has 0 N–H and O–H groups in total. The first-order valence-electron chi connectivity index (χ1n) is 8.02. The van der Waals surface area contributed by atoms with Gasteiger partial charge in [-0.15, -0.1) is 0 Å². The van der Waals surface area contributed by atoms with Crippen LogP contribution >= 0.6 is 0 Å². The number of ketones is 1. The molecule has 1 aromatic carbocycles. The van der Waals surface area contributed by atoms with Crippen LogP contribution in [0.1, 0.15) is 61.9 Å². The number of nitrogens with zero attached hydrogens (tertiary/aromatic N) is 1. The third kappa shape index (κ3) is 3.34. The molecule has 0 aromatic heterocycles. The largest absolute Gasteiger partial charge is 0.315 e. The molecular formula is C18H25NO2. The number of hydrogen-bond acceptors (Lipinski definition) is 2. The van der Waals surface area contributed by atoms with E-state index < -0.39 is 0 Å². The molecule has 0 spiro atoms. The van der Waals surface area contributed by atoms with Gasteiger partial charge in [0.1, 0.15) is 0 Å². The van der Waals surface area contributed by atoms with E-state index in [2.05, 4.69) is 13.8 Å². The van der Waals surface area contributed by atoms with E-state index in [4.69, 9.17) is 0 Å². The minimum Gasteiger partial charge on any atom is -0.315 e. The van der Waals surface area contributed by atoms with Crippen LogP contribution in [0.25, 0.3) is 0 Å². The van der Waals surface area contributed by atoms with Crippen LogP contribution in [-0.4, -0.2) is 18.7 Å². The fourth-order valence-electron chi connectivity index (χ4n) is 3.15. The zero-order valence-corrected chi connectivity index (χ0v) is 13.3. The summed E-state index contributed by atoms with van der Waals surface area (Å²) in [5.41, 5.74) is 2.88. The zero-order valence-electron chi connectivity index (χ0n) is 13.3. The fourth-order valence-corrected chi connectivity index (χ4v) is 3.15. The maximum atomic E-state index is 12.7. The van der Waals surface area contributed by atoms with Gasteiger partial charge in [0.25, 0.3) is 0 Å². The summed E-state index contributed by atoms with van der Waals surface area (Å²) in [7, 11) is 1.80. The van der Waals surface area contributed by atoms with Crippen LogP contribution < -0.4 is 4.90 Å². The molecule has 0 radical (unpaired) electrons. The molecule has 0 unspecified atom stereocenters. The molecule has 3 nitrogen and oxygen atoms in total. The van der Waals surface area contributed by atoms with Crippen molar-refractivity contribution in [2.24, 2.45) is 5.92 Å². The van der Waals surface area contributed by atoms with E-state index in [1.807, 2.05) is 18.2 Å². The molecular weight excluding hydrogens is 262 g/mol. The average molecular weight is 287 g/mol. The van der Waals surface area contributed by atoms with Gasteiger partial charge in [-0.25, -0.2) is 0 Å². The fraction of sp³-hybridized carbons (Fsp3) is 0.556. The van der Waals surface area contributed by atoms with Gasteiger partial charge in [-0.3, -0.25) is 9.59 Å². The zero-order chi connectivity index (χ0) is 15.4. The van der Waals surface area contributed by atoms with E-state index in [0.717, 1.165) is 48.9 Å². The molecule has 3 heteroatoms. The van der Waals surface area contributed by atoms with Crippen molar-refractivity contribution in [3.05, 3.63) is 29.3 Å². The molecule has 114 valence electrons. The number of anilines is 1. The Morgan fingerprint density at radius 1 is 1.19 bits per heavy atom. The van der Waals surface area contributed by atoms with Crippen LogP contribution in [-0.2, 0) is 11.2 Å². The molecule has 21 heavy (non-hydrogen) atoms. The first kappa shape index (κ1) is 15.7. The van der Waals surface area contributed by atoms with Gasteiger partial charge in [0, 0.05) is 30.6 Å². The topological polar surface area (TPSA) is 37.4 Å². The smallest absolute Gasteiger partial charge is 0.227 e. The Morgan fingerprint density at radius 2 is 1.86 bits per heavy atom. The molecule has 0 bridgehead atoms. The van der Waals surface area contributed by atoms with Gasteiger partial charge in [-0.05, 0) is 43.0 Å². The number of carbonyl (C=O) groups is 2. The van der Waals surface area contributed by atoms with E-state index in [1.165, 1.54) is 0 Å². The second-order valence-electron chi connectivity index (χ2n) is 5.93. The van der Waals surface area contributed by atoms with Crippen LogP contribution in [0.15, 0.2) is 18.2 Å². The van der Waals surface area contributed by atoms with Gasteiger partial charge in [-0.2, -0.15) is 0 Å². The van der Waals surface area contributed by atoms with E-state index in [0.29, 0.717) is 6.42 Å². The minimum absolute atomic E-state index is 0.140. The normalized spacial score (nSPS) is 14.5. The molecule has 0 atom stereocenters. The summed E-state index contributed by atoms with van der Waals surface area (Å²) >= 11 is 0. The Kier molecular flexibility index (Phi) is 5.16. The van der Waals surface area contributed by atoms with Gasteiger partial charge >= 0.3 is 0 Å². The standard InChI is InChI=1S/C18H25NO2/c1-4-6-13(7-5-2)18(21)15-8-10-16-14(12-15)9-11-17(20)19(16)3/h8,10,12-13H,4-7,9,11H2,1-3H3. The lowest BCUT2D eigenvalue weighted by molar-refractivity contribution is -0.118. The number of amides is 1. The van der Waals surface area contributed by atoms with Crippen molar-refractivity contribution in [1.82, 2.24) is 0 Å². The maximum absolute atomic E-state index is 12.7. The van der Waals surface area contributed by atoms with Crippen LogP contribution in [0.2, 0.25) is 0 Å². The highest BCUT2D eigenvalue weighted by Gasteiger charge is 2.24. The number of fused-ring (bicyclic) bond motifs is 1. The lowest BCUT2D eigenvalue weighted by Gasteiger charge is -2.26. The predicted octanol–water partition coefficient (Wildman–Crippen LogP) is 3.99. The lowest BCUT2D eigenvalue weighted by atomic mass is 9.88.